The van der Waals surface area contributed by atoms with Gasteiger partial charge in [-0.1, -0.05) is 13.8 Å². The lowest BCUT2D eigenvalue weighted by molar-refractivity contribution is 0.468. The van der Waals surface area contributed by atoms with Crippen LogP contribution in [0.4, 0.5) is 0 Å². The monoisotopic (exact) mass is 324 g/mol. The quantitative estimate of drug-likeness (QED) is 0.478. The van der Waals surface area contributed by atoms with Gasteiger partial charge in [-0.05, 0) is 109 Å². The summed E-state index contributed by atoms with van der Waals surface area (Å²) in [6.07, 6.45) is 0. The first-order valence-electron chi connectivity index (χ1n) is 8.60. The highest BCUT2D eigenvalue weighted by Gasteiger charge is 2.18. The molecule has 2 heteroatoms. The average Bonchev–Trinajstić information content (AvgIpc) is 2.55. The van der Waals surface area contributed by atoms with Gasteiger partial charge in [0.05, 0.1) is 0 Å². The fraction of sp³-hybridized carbons (Fsp3) is 0.364. The van der Waals surface area contributed by atoms with Crippen molar-refractivity contribution in [2.45, 2.75) is 55.4 Å². The number of phenols is 2. The minimum Gasteiger partial charge on any atom is -0.508 e. The van der Waals surface area contributed by atoms with Gasteiger partial charge in [0.2, 0.25) is 0 Å². The molecule has 0 amide bonds. The van der Waals surface area contributed by atoms with Crippen LogP contribution in [0.25, 0.3) is 21.5 Å². The van der Waals surface area contributed by atoms with Crippen LogP contribution in [0, 0.1) is 41.5 Å². The van der Waals surface area contributed by atoms with Crippen molar-refractivity contribution >= 4 is 21.5 Å². The van der Waals surface area contributed by atoms with Crippen molar-refractivity contribution in [3.8, 4) is 11.5 Å². The van der Waals surface area contributed by atoms with E-state index in [9.17, 15) is 10.2 Å². The van der Waals surface area contributed by atoms with Crippen LogP contribution in [-0.2, 0) is 0 Å². The Balaban J connectivity index is 0.00000100. The van der Waals surface area contributed by atoms with E-state index in [0.29, 0.717) is 11.5 Å². The van der Waals surface area contributed by atoms with E-state index >= 15 is 0 Å². The third-order valence-corrected chi connectivity index (χ3v) is 5.02. The fourth-order valence-corrected chi connectivity index (χ4v) is 3.86. The van der Waals surface area contributed by atoms with E-state index in [1.807, 2.05) is 47.6 Å². The third-order valence-electron chi connectivity index (χ3n) is 5.02. The molecular weight excluding hydrogens is 296 g/mol. The summed E-state index contributed by atoms with van der Waals surface area (Å²) >= 11 is 0. The Morgan fingerprint density at radius 1 is 0.583 bits per heavy atom. The molecule has 3 rings (SSSR count). The number of aryl methyl sites for hydroxylation is 6. The average molecular weight is 324 g/mol. The molecule has 3 aromatic rings. The van der Waals surface area contributed by atoms with Gasteiger partial charge in [-0.2, -0.15) is 0 Å². The summed E-state index contributed by atoms with van der Waals surface area (Å²) in [7, 11) is 0. The van der Waals surface area contributed by atoms with Gasteiger partial charge in [-0.25, -0.2) is 0 Å². The number of rotatable bonds is 0. The maximum atomic E-state index is 10.3. The van der Waals surface area contributed by atoms with E-state index in [1.165, 1.54) is 16.3 Å². The molecule has 0 aliphatic carbocycles. The largest absolute Gasteiger partial charge is 0.508 e. The van der Waals surface area contributed by atoms with Crippen molar-refractivity contribution < 1.29 is 10.2 Å². The molecule has 128 valence electrons. The standard InChI is InChI=1S/C20H22O2.C2H6/c1-9-8-16(21)12(4)19-13(5)18-14(6)20(22)10(2)7-15(18)11(3)17(9)19;1-2/h7-8,21-22H,1-6H3;1-2H3. The number of benzene rings is 3. The summed E-state index contributed by atoms with van der Waals surface area (Å²) in [5.74, 6) is 0.699. The first kappa shape index (κ1) is 18.1. The van der Waals surface area contributed by atoms with E-state index in [2.05, 4.69) is 19.9 Å². The van der Waals surface area contributed by atoms with Crippen molar-refractivity contribution in [3.05, 3.63) is 45.5 Å². The van der Waals surface area contributed by atoms with Gasteiger partial charge in [0.1, 0.15) is 11.5 Å². The molecule has 0 aliphatic heterocycles. The molecule has 0 aliphatic rings. The van der Waals surface area contributed by atoms with Crippen LogP contribution in [0.15, 0.2) is 12.1 Å². The maximum absolute atomic E-state index is 10.3. The van der Waals surface area contributed by atoms with Crippen molar-refractivity contribution in [2.24, 2.45) is 0 Å². The lowest BCUT2D eigenvalue weighted by Crippen LogP contribution is -1.96. The summed E-state index contributed by atoms with van der Waals surface area (Å²) in [6, 6.07) is 3.91. The van der Waals surface area contributed by atoms with Crippen LogP contribution in [0.5, 0.6) is 11.5 Å². The number of fused-ring (bicyclic) bond motifs is 2. The van der Waals surface area contributed by atoms with Crippen molar-refractivity contribution in [3.63, 3.8) is 0 Å². The fourth-order valence-electron chi connectivity index (χ4n) is 3.86. The molecule has 2 nitrogen and oxygen atoms in total. The molecular formula is C22H28O2. The summed E-state index contributed by atoms with van der Waals surface area (Å²) in [5.41, 5.74) is 6.15. The second-order valence-electron chi connectivity index (χ2n) is 6.43. The highest BCUT2D eigenvalue weighted by Crippen LogP contribution is 2.42. The molecule has 0 heterocycles. The summed E-state index contributed by atoms with van der Waals surface area (Å²) in [6.45, 7) is 16.1. The highest BCUT2D eigenvalue weighted by molar-refractivity contribution is 6.10. The molecule has 0 spiro atoms. The highest BCUT2D eigenvalue weighted by atomic mass is 16.3. The van der Waals surface area contributed by atoms with Gasteiger partial charge >= 0.3 is 0 Å². The number of hydrogen-bond donors (Lipinski definition) is 2. The minimum absolute atomic E-state index is 0.334. The van der Waals surface area contributed by atoms with Crippen LogP contribution in [-0.4, -0.2) is 10.2 Å². The second-order valence-corrected chi connectivity index (χ2v) is 6.43. The van der Waals surface area contributed by atoms with Crippen LogP contribution in [0.2, 0.25) is 0 Å². The molecule has 0 aromatic heterocycles. The van der Waals surface area contributed by atoms with Gasteiger partial charge < -0.3 is 10.2 Å². The first-order valence-corrected chi connectivity index (χ1v) is 8.60. The van der Waals surface area contributed by atoms with Crippen LogP contribution < -0.4 is 0 Å². The van der Waals surface area contributed by atoms with E-state index in [4.69, 9.17) is 0 Å². The Morgan fingerprint density at radius 2 is 1.17 bits per heavy atom. The topological polar surface area (TPSA) is 40.5 Å². The predicted octanol–water partition coefficient (Wildman–Crippen LogP) is 6.28. The van der Waals surface area contributed by atoms with Gasteiger partial charge in [0.15, 0.2) is 0 Å². The summed E-state index contributed by atoms with van der Waals surface area (Å²) in [5, 5.41) is 25.1. The minimum atomic E-state index is 0.334. The van der Waals surface area contributed by atoms with Gasteiger partial charge in [-0.15, -0.1) is 0 Å². The molecule has 0 bridgehead atoms. The Labute approximate surface area is 144 Å². The molecule has 0 unspecified atom stereocenters. The normalized spacial score (nSPS) is 10.8. The third kappa shape index (κ3) is 2.41. The van der Waals surface area contributed by atoms with Crippen molar-refractivity contribution in [2.75, 3.05) is 0 Å². The molecule has 0 fully saturated rings. The first-order chi connectivity index (χ1) is 11.3. The Bertz CT molecular complexity index is 950. The Morgan fingerprint density at radius 3 is 1.75 bits per heavy atom. The van der Waals surface area contributed by atoms with Crippen molar-refractivity contribution in [1.29, 1.82) is 0 Å². The maximum Gasteiger partial charge on any atom is 0.122 e. The van der Waals surface area contributed by atoms with Crippen LogP contribution in [0.3, 0.4) is 0 Å². The molecule has 0 saturated heterocycles. The molecule has 2 N–H and O–H groups in total. The number of hydrogen-bond acceptors (Lipinski definition) is 2. The SMILES string of the molecule is CC.Cc1cc2c(C)c3c(C)cc(O)c(C)c3c(C)c2c(C)c1O. The number of phenolic OH excluding ortho intramolecular Hbond substituents is 2. The number of aromatic hydroxyl groups is 2. The Hall–Kier alpha value is -2.22. The molecule has 0 radical (unpaired) electrons. The molecule has 0 saturated carbocycles. The van der Waals surface area contributed by atoms with E-state index in [-0.39, 0.29) is 0 Å². The van der Waals surface area contributed by atoms with E-state index in [0.717, 1.165) is 38.6 Å². The second kappa shape index (κ2) is 6.35. The smallest absolute Gasteiger partial charge is 0.122 e. The molecule has 3 aromatic carbocycles. The van der Waals surface area contributed by atoms with E-state index in [1.54, 1.807) is 0 Å². The summed E-state index contributed by atoms with van der Waals surface area (Å²) in [4.78, 5) is 0. The van der Waals surface area contributed by atoms with Crippen molar-refractivity contribution in [1.82, 2.24) is 0 Å². The molecule has 0 atom stereocenters. The van der Waals surface area contributed by atoms with Gasteiger partial charge in [0.25, 0.3) is 0 Å². The van der Waals surface area contributed by atoms with Gasteiger partial charge in [0, 0.05) is 0 Å². The van der Waals surface area contributed by atoms with E-state index < -0.39 is 0 Å². The van der Waals surface area contributed by atoms with Crippen LogP contribution >= 0.6 is 0 Å². The zero-order valence-corrected chi connectivity index (χ0v) is 16.0. The summed E-state index contributed by atoms with van der Waals surface area (Å²) < 4.78 is 0. The predicted molar refractivity (Wildman–Crippen MR) is 105 cm³/mol. The zero-order valence-electron chi connectivity index (χ0n) is 16.0. The van der Waals surface area contributed by atoms with Gasteiger partial charge in [-0.3, -0.25) is 0 Å². The lowest BCUT2D eigenvalue weighted by atomic mass is 9.85. The lowest BCUT2D eigenvalue weighted by Gasteiger charge is -2.19. The Kier molecular flexibility index (Phi) is 4.80. The molecule has 24 heavy (non-hydrogen) atoms. The van der Waals surface area contributed by atoms with Crippen LogP contribution in [0.1, 0.15) is 47.2 Å². The zero-order chi connectivity index (χ0) is 18.3.